The van der Waals surface area contributed by atoms with Crippen LogP contribution in [-0.4, -0.2) is 45.0 Å². The summed E-state index contributed by atoms with van der Waals surface area (Å²) in [6, 6.07) is 3.47. The summed E-state index contributed by atoms with van der Waals surface area (Å²) >= 11 is 0. The van der Waals surface area contributed by atoms with E-state index in [0.717, 1.165) is 10.9 Å². The van der Waals surface area contributed by atoms with Gasteiger partial charge in [0.15, 0.2) is 6.61 Å². The van der Waals surface area contributed by atoms with Crippen molar-refractivity contribution in [2.75, 3.05) is 13.2 Å². The summed E-state index contributed by atoms with van der Waals surface area (Å²) in [4.78, 5) is 20.5. The fourth-order valence-electron chi connectivity index (χ4n) is 3.00. The highest BCUT2D eigenvalue weighted by Gasteiger charge is 2.29. The van der Waals surface area contributed by atoms with E-state index in [1.54, 1.807) is 36.1 Å². The van der Waals surface area contributed by atoms with Crippen LogP contribution in [0.1, 0.15) is 30.7 Å². The maximum absolute atomic E-state index is 12.3. The number of nitrogens with zero attached hydrogens (tertiary/aromatic N) is 4. The van der Waals surface area contributed by atoms with Crippen molar-refractivity contribution in [1.82, 2.24) is 25.1 Å². The van der Waals surface area contributed by atoms with E-state index in [1.165, 1.54) is 6.20 Å². The van der Waals surface area contributed by atoms with Gasteiger partial charge in [0.1, 0.15) is 0 Å². The molecule has 3 heterocycles. The van der Waals surface area contributed by atoms with Gasteiger partial charge in [0, 0.05) is 36.1 Å². The SMILES string of the molecule is Cc1cc(Cn2cc3c(CC(=O)NCC(C)C)nccc3n2)cnc1OCC(F)(F)F. The molecule has 3 rings (SSSR count). The minimum absolute atomic E-state index is 0.0504. The number of hydrogen-bond donors (Lipinski definition) is 1. The molecule has 0 aliphatic rings. The maximum atomic E-state index is 12.3. The summed E-state index contributed by atoms with van der Waals surface area (Å²) in [7, 11) is 0. The van der Waals surface area contributed by atoms with Crippen LogP contribution in [0.25, 0.3) is 10.9 Å². The van der Waals surface area contributed by atoms with Gasteiger partial charge in [-0.2, -0.15) is 18.3 Å². The average Bonchev–Trinajstić information content (AvgIpc) is 3.08. The molecule has 1 N–H and O–H groups in total. The molecule has 0 bridgehead atoms. The Morgan fingerprint density at radius 2 is 2.06 bits per heavy atom. The number of nitrogens with one attached hydrogen (secondary N) is 1. The van der Waals surface area contributed by atoms with E-state index in [0.29, 0.717) is 35.8 Å². The summed E-state index contributed by atoms with van der Waals surface area (Å²) in [6.45, 7) is 5.26. The number of amides is 1. The fraction of sp³-hybridized carbons (Fsp3) is 0.429. The Bertz CT molecular complexity index is 1060. The number of aryl methyl sites for hydroxylation is 1. The van der Waals surface area contributed by atoms with Crippen molar-refractivity contribution >= 4 is 16.8 Å². The lowest BCUT2D eigenvalue weighted by atomic mass is 10.1. The molecular formula is C21H24F3N5O2. The molecular weight excluding hydrogens is 411 g/mol. The van der Waals surface area contributed by atoms with Gasteiger partial charge in [-0.1, -0.05) is 13.8 Å². The monoisotopic (exact) mass is 435 g/mol. The van der Waals surface area contributed by atoms with Gasteiger partial charge >= 0.3 is 6.18 Å². The number of fused-ring (bicyclic) bond motifs is 1. The van der Waals surface area contributed by atoms with E-state index in [4.69, 9.17) is 4.74 Å². The highest BCUT2D eigenvalue weighted by molar-refractivity contribution is 5.86. The number of pyridine rings is 2. The summed E-state index contributed by atoms with van der Waals surface area (Å²) < 4.78 is 43.4. The first-order valence-electron chi connectivity index (χ1n) is 9.83. The Morgan fingerprint density at radius 1 is 1.29 bits per heavy atom. The second kappa shape index (κ2) is 9.32. The van der Waals surface area contributed by atoms with Crippen LogP contribution in [0.3, 0.4) is 0 Å². The van der Waals surface area contributed by atoms with Gasteiger partial charge in [0.25, 0.3) is 0 Å². The zero-order valence-electron chi connectivity index (χ0n) is 17.5. The number of alkyl halides is 3. The second-order valence-electron chi connectivity index (χ2n) is 7.76. The predicted octanol–water partition coefficient (Wildman–Crippen LogP) is 3.44. The first-order valence-corrected chi connectivity index (χ1v) is 9.83. The number of hydrogen-bond acceptors (Lipinski definition) is 5. The van der Waals surface area contributed by atoms with Gasteiger partial charge < -0.3 is 10.1 Å². The standard InChI is InChI=1S/C21H24F3N5O2/c1-13(2)8-26-19(30)7-18-16-11-29(28-17(16)4-5-25-18)10-15-6-14(3)20(27-9-15)31-12-21(22,23)24/h4-6,9,11,13H,7-8,10,12H2,1-3H3,(H,26,30). The third kappa shape index (κ3) is 6.40. The van der Waals surface area contributed by atoms with Gasteiger partial charge in [-0.05, 0) is 30.5 Å². The summed E-state index contributed by atoms with van der Waals surface area (Å²) in [5.41, 5.74) is 2.60. The molecule has 31 heavy (non-hydrogen) atoms. The first-order chi connectivity index (χ1) is 14.6. The zero-order valence-corrected chi connectivity index (χ0v) is 17.5. The Labute approximate surface area is 177 Å². The minimum atomic E-state index is -4.42. The van der Waals surface area contributed by atoms with Crippen LogP contribution >= 0.6 is 0 Å². The van der Waals surface area contributed by atoms with Gasteiger partial charge in [-0.3, -0.25) is 14.5 Å². The van der Waals surface area contributed by atoms with Crippen LogP contribution < -0.4 is 10.1 Å². The van der Waals surface area contributed by atoms with Crippen molar-refractivity contribution in [2.45, 2.75) is 39.9 Å². The Morgan fingerprint density at radius 3 is 2.74 bits per heavy atom. The Hall–Kier alpha value is -3.17. The van der Waals surface area contributed by atoms with Crippen molar-refractivity contribution in [2.24, 2.45) is 5.92 Å². The molecule has 1 amide bonds. The van der Waals surface area contributed by atoms with Crippen LogP contribution in [0, 0.1) is 12.8 Å². The average molecular weight is 435 g/mol. The molecule has 10 heteroatoms. The number of rotatable bonds is 8. The summed E-state index contributed by atoms with van der Waals surface area (Å²) in [5.74, 6) is 0.207. The maximum Gasteiger partial charge on any atom is 0.422 e. The van der Waals surface area contributed by atoms with Crippen molar-refractivity contribution in [1.29, 1.82) is 0 Å². The molecule has 0 saturated carbocycles. The van der Waals surface area contributed by atoms with E-state index >= 15 is 0 Å². The number of aromatic nitrogens is 4. The molecule has 7 nitrogen and oxygen atoms in total. The molecule has 0 aliphatic carbocycles. The van der Waals surface area contributed by atoms with E-state index < -0.39 is 12.8 Å². The van der Waals surface area contributed by atoms with Crippen LogP contribution in [0.2, 0.25) is 0 Å². The van der Waals surface area contributed by atoms with E-state index in [2.05, 4.69) is 20.4 Å². The van der Waals surface area contributed by atoms with Gasteiger partial charge in [0.05, 0.1) is 24.2 Å². The van der Waals surface area contributed by atoms with Crippen LogP contribution in [0.15, 0.2) is 30.7 Å². The molecule has 3 aromatic rings. The van der Waals surface area contributed by atoms with Gasteiger partial charge in [-0.25, -0.2) is 4.98 Å². The molecule has 3 aromatic heterocycles. The molecule has 0 saturated heterocycles. The second-order valence-corrected chi connectivity index (χ2v) is 7.76. The fourth-order valence-corrected chi connectivity index (χ4v) is 3.00. The summed E-state index contributed by atoms with van der Waals surface area (Å²) in [6.07, 6.45) is 0.616. The van der Waals surface area contributed by atoms with Crippen molar-refractivity contribution in [3.8, 4) is 5.88 Å². The minimum Gasteiger partial charge on any atom is -0.468 e. The van der Waals surface area contributed by atoms with Gasteiger partial charge in [0.2, 0.25) is 11.8 Å². The zero-order chi connectivity index (χ0) is 22.6. The lowest BCUT2D eigenvalue weighted by molar-refractivity contribution is -0.154. The molecule has 166 valence electrons. The van der Waals surface area contributed by atoms with Crippen molar-refractivity contribution < 1.29 is 22.7 Å². The molecule has 0 radical (unpaired) electrons. The number of carbonyl (C=O) groups is 1. The van der Waals surface area contributed by atoms with E-state index in [1.807, 2.05) is 13.8 Å². The molecule has 0 fully saturated rings. The van der Waals surface area contributed by atoms with E-state index in [-0.39, 0.29) is 18.2 Å². The molecule has 0 spiro atoms. The van der Waals surface area contributed by atoms with Gasteiger partial charge in [-0.15, -0.1) is 0 Å². The largest absolute Gasteiger partial charge is 0.468 e. The highest BCUT2D eigenvalue weighted by Crippen LogP contribution is 2.21. The van der Waals surface area contributed by atoms with Crippen LogP contribution in [-0.2, 0) is 17.8 Å². The Balaban J connectivity index is 1.72. The predicted molar refractivity (Wildman–Crippen MR) is 109 cm³/mol. The first kappa shape index (κ1) is 22.5. The topological polar surface area (TPSA) is 81.9 Å². The lowest BCUT2D eigenvalue weighted by Crippen LogP contribution is -2.29. The Kier molecular flexibility index (Phi) is 6.77. The van der Waals surface area contributed by atoms with Crippen molar-refractivity contribution in [3.63, 3.8) is 0 Å². The van der Waals surface area contributed by atoms with E-state index in [9.17, 15) is 18.0 Å². The van der Waals surface area contributed by atoms with Crippen molar-refractivity contribution in [3.05, 3.63) is 47.5 Å². The number of halogens is 3. The molecule has 0 atom stereocenters. The number of carbonyl (C=O) groups excluding carboxylic acids is 1. The highest BCUT2D eigenvalue weighted by atomic mass is 19.4. The normalized spacial score (nSPS) is 11.8. The lowest BCUT2D eigenvalue weighted by Gasteiger charge is -2.11. The third-order valence-electron chi connectivity index (χ3n) is 4.40. The molecule has 0 aromatic carbocycles. The third-order valence-corrected chi connectivity index (χ3v) is 4.40. The smallest absolute Gasteiger partial charge is 0.422 e. The van der Waals surface area contributed by atoms with Crippen LogP contribution in [0.5, 0.6) is 5.88 Å². The molecule has 0 unspecified atom stereocenters. The molecule has 0 aliphatic heterocycles. The quantitative estimate of drug-likeness (QED) is 0.586. The van der Waals surface area contributed by atoms with Crippen LogP contribution in [0.4, 0.5) is 13.2 Å². The number of ether oxygens (including phenoxy) is 1. The summed E-state index contributed by atoms with van der Waals surface area (Å²) in [5, 5.41) is 8.16.